The Morgan fingerprint density at radius 2 is 1.80 bits per heavy atom. The number of likely N-dealkylation sites (tertiary alicyclic amines) is 2. The highest BCUT2D eigenvalue weighted by Crippen LogP contribution is 2.42. The number of carboxylic acid groups (broad SMARTS) is 1. The van der Waals surface area contributed by atoms with Crippen molar-refractivity contribution < 1.29 is 14.7 Å². The molecule has 0 bridgehead atoms. The zero-order valence-corrected chi connectivity index (χ0v) is 16.0. The summed E-state index contributed by atoms with van der Waals surface area (Å²) in [5.74, 6) is 0.0656. The first-order valence-corrected chi connectivity index (χ1v) is 9.92. The molecule has 2 fully saturated rings. The van der Waals surface area contributed by atoms with Crippen LogP contribution in [0.15, 0.2) is 0 Å². The van der Waals surface area contributed by atoms with Crippen LogP contribution in [-0.4, -0.2) is 60.0 Å². The molecular formula is C19H26N2O3S. The molecule has 6 heteroatoms. The highest BCUT2D eigenvalue weighted by molar-refractivity contribution is 7.14. The minimum absolute atomic E-state index is 0.0633. The third-order valence-corrected chi connectivity index (χ3v) is 7.42. The lowest BCUT2D eigenvalue weighted by atomic mass is 9.76. The van der Waals surface area contributed by atoms with Crippen molar-refractivity contribution in [2.75, 3.05) is 33.2 Å². The first-order chi connectivity index (χ1) is 11.7. The van der Waals surface area contributed by atoms with E-state index in [0.717, 1.165) is 55.9 Å². The molecule has 1 aromatic heterocycles. The molecule has 4 rings (SSSR count). The number of hydrogen-bond acceptors (Lipinski definition) is 4. The van der Waals surface area contributed by atoms with Gasteiger partial charge in [-0.1, -0.05) is 13.8 Å². The van der Waals surface area contributed by atoms with Crippen LogP contribution < -0.4 is 0 Å². The van der Waals surface area contributed by atoms with Crippen molar-refractivity contribution in [1.29, 1.82) is 0 Å². The summed E-state index contributed by atoms with van der Waals surface area (Å²) in [6.07, 6.45) is 2.69. The van der Waals surface area contributed by atoms with Crippen LogP contribution in [0.3, 0.4) is 0 Å². The average molecular weight is 362 g/mol. The molecule has 0 spiro atoms. The lowest BCUT2D eigenvalue weighted by Gasteiger charge is -2.29. The van der Waals surface area contributed by atoms with Crippen LogP contribution in [0.4, 0.5) is 0 Å². The smallest absolute Gasteiger partial charge is 0.337 e. The average Bonchev–Trinajstić information content (AvgIpc) is 3.15. The Kier molecular flexibility index (Phi) is 3.96. The molecule has 3 aliphatic rings. The van der Waals surface area contributed by atoms with Crippen molar-refractivity contribution in [2.45, 2.75) is 33.1 Å². The predicted molar refractivity (Wildman–Crippen MR) is 97.5 cm³/mol. The molecule has 25 heavy (non-hydrogen) atoms. The number of carbonyl (C=O) groups excluding carboxylic acids is 1. The van der Waals surface area contributed by atoms with E-state index in [2.05, 4.69) is 25.8 Å². The van der Waals surface area contributed by atoms with Gasteiger partial charge in [0.25, 0.3) is 5.91 Å². The fourth-order valence-electron chi connectivity index (χ4n) is 4.83. The molecule has 3 heterocycles. The Morgan fingerprint density at radius 1 is 1.16 bits per heavy atom. The van der Waals surface area contributed by atoms with E-state index in [1.54, 1.807) is 0 Å². The van der Waals surface area contributed by atoms with Crippen molar-refractivity contribution in [3.8, 4) is 0 Å². The van der Waals surface area contributed by atoms with E-state index >= 15 is 0 Å². The largest absolute Gasteiger partial charge is 0.478 e. The van der Waals surface area contributed by atoms with E-state index in [0.29, 0.717) is 16.7 Å². The summed E-state index contributed by atoms with van der Waals surface area (Å²) in [5, 5.41) is 9.80. The zero-order valence-electron chi connectivity index (χ0n) is 15.2. The molecular weight excluding hydrogens is 336 g/mol. The molecule has 0 aromatic carbocycles. The van der Waals surface area contributed by atoms with Gasteiger partial charge in [0.15, 0.2) is 0 Å². The normalized spacial score (nSPS) is 28.0. The first-order valence-electron chi connectivity index (χ1n) is 9.11. The number of fused-ring (bicyclic) bond motifs is 2. The van der Waals surface area contributed by atoms with Crippen LogP contribution in [-0.2, 0) is 12.8 Å². The van der Waals surface area contributed by atoms with Crippen LogP contribution in [0.5, 0.6) is 0 Å². The fourth-order valence-corrected chi connectivity index (χ4v) is 6.11. The highest BCUT2D eigenvalue weighted by atomic mass is 32.1. The maximum absolute atomic E-state index is 13.1. The molecule has 1 aromatic rings. The number of carboxylic acids is 1. The van der Waals surface area contributed by atoms with Crippen LogP contribution in [0, 0.1) is 17.3 Å². The Morgan fingerprint density at radius 3 is 2.40 bits per heavy atom. The SMILES string of the molecule is CN1CC2CN(C(=O)c3sc4c(c3C(=O)O)CC(C)(C)CC4)CC2C1. The lowest BCUT2D eigenvalue weighted by Crippen LogP contribution is -2.32. The number of nitrogens with zero attached hydrogens (tertiary/aromatic N) is 2. The number of carbonyl (C=O) groups is 2. The fraction of sp³-hybridized carbons (Fsp3) is 0.684. The van der Waals surface area contributed by atoms with Crippen LogP contribution in [0.2, 0.25) is 0 Å². The van der Waals surface area contributed by atoms with Crippen molar-refractivity contribution in [3.63, 3.8) is 0 Å². The Bertz CT molecular complexity index is 725. The number of thiophene rings is 1. The molecule has 0 saturated carbocycles. The standard InChI is InChI=1S/C19H26N2O3S/c1-19(2)5-4-14-13(6-19)15(18(23)24)16(25-14)17(22)21-9-11-7-20(3)8-12(11)10-21/h11-12H,4-10H2,1-3H3,(H,23,24). The van der Waals surface area contributed by atoms with Gasteiger partial charge in [-0.25, -0.2) is 4.79 Å². The van der Waals surface area contributed by atoms with Crippen molar-refractivity contribution >= 4 is 23.2 Å². The molecule has 1 aliphatic carbocycles. The van der Waals surface area contributed by atoms with Gasteiger partial charge in [-0.3, -0.25) is 4.79 Å². The maximum Gasteiger partial charge on any atom is 0.337 e. The third-order valence-electron chi connectivity index (χ3n) is 6.14. The highest BCUT2D eigenvalue weighted by Gasteiger charge is 2.42. The summed E-state index contributed by atoms with van der Waals surface area (Å²) in [6.45, 7) is 7.96. The summed E-state index contributed by atoms with van der Waals surface area (Å²) in [7, 11) is 2.13. The van der Waals surface area contributed by atoms with Gasteiger partial charge < -0.3 is 14.9 Å². The van der Waals surface area contributed by atoms with Gasteiger partial charge in [0.1, 0.15) is 4.88 Å². The van der Waals surface area contributed by atoms with E-state index in [9.17, 15) is 14.7 Å². The second-order valence-electron chi connectivity index (χ2n) is 8.81. The first kappa shape index (κ1) is 17.0. The number of aryl methyl sites for hydroxylation is 1. The molecule has 2 saturated heterocycles. The van der Waals surface area contributed by atoms with E-state index < -0.39 is 5.97 Å². The van der Waals surface area contributed by atoms with Crippen LogP contribution >= 0.6 is 11.3 Å². The van der Waals surface area contributed by atoms with Crippen molar-refractivity contribution in [1.82, 2.24) is 9.80 Å². The number of rotatable bonds is 2. The number of hydrogen-bond donors (Lipinski definition) is 1. The summed E-state index contributed by atoms with van der Waals surface area (Å²) in [6, 6.07) is 0. The quantitative estimate of drug-likeness (QED) is 0.878. The molecule has 5 nitrogen and oxygen atoms in total. The van der Waals surface area contributed by atoms with Gasteiger partial charge in [0.05, 0.1) is 5.56 Å². The van der Waals surface area contributed by atoms with E-state index in [4.69, 9.17) is 0 Å². The minimum Gasteiger partial charge on any atom is -0.478 e. The van der Waals surface area contributed by atoms with Gasteiger partial charge >= 0.3 is 5.97 Å². The van der Waals surface area contributed by atoms with E-state index in [1.807, 2.05) is 4.90 Å². The zero-order chi connectivity index (χ0) is 17.9. The number of amides is 1. The maximum atomic E-state index is 13.1. The Hall–Kier alpha value is -1.40. The topological polar surface area (TPSA) is 60.9 Å². The summed E-state index contributed by atoms with van der Waals surface area (Å²) >= 11 is 1.43. The predicted octanol–water partition coefficient (Wildman–Crippen LogP) is 2.59. The second kappa shape index (κ2) is 5.81. The van der Waals surface area contributed by atoms with Crippen LogP contribution in [0.25, 0.3) is 0 Å². The summed E-state index contributed by atoms with van der Waals surface area (Å²) in [5.41, 5.74) is 1.30. The van der Waals surface area contributed by atoms with E-state index in [1.165, 1.54) is 11.3 Å². The van der Waals surface area contributed by atoms with Crippen molar-refractivity contribution in [2.24, 2.45) is 17.3 Å². The molecule has 136 valence electrons. The number of aromatic carboxylic acids is 1. The molecule has 2 unspecified atom stereocenters. The molecule has 1 amide bonds. The Balaban J connectivity index is 1.64. The second-order valence-corrected chi connectivity index (χ2v) is 9.91. The van der Waals surface area contributed by atoms with Crippen molar-refractivity contribution in [3.05, 3.63) is 20.9 Å². The molecule has 2 aliphatic heterocycles. The van der Waals surface area contributed by atoms with E-state index in [-0.39, 0.29) is 16.9 Å². The van der Waals surface area contributed by atoms with Gasteiger partial charge in [-0.15, -0.1) is 11.3 Å². The molecule has 0 radical (unpaired) electrons. The van der Waals surface area contributed by atoms with Gasteiger partial charge in [0, 0.05) is 31.1 Å². The summed E-state index contributed by atoms with van der Waals surface area (Å²) < 4.78 is 0. The molecule has 1 N–H and O–H groups in total. The monoisotopic (exact) mass is 362 g/mol. The third kappa shape index (κ3) is 2.89. The molecule has 2 atom stereocenters. The van der Waals surface area contributed by atoms with Gasteiger partial charge in [-0.2, -0.15) is 0 Å². The summed E-state index contributed by atoms with van der Waals surface area (Å²) in [4.78, 5) is 30.9. The Labute approximate surface area is 152 Å². The van der Waals surface area contributed by atoms with Crippen LogP contribution in [0.1, 0.15) is 50.7 Å². The van der Waals surface area contributed by atoms with Gasteiger partial charge in [-0.05, 0) is 49.1 Å². The minimum atomic E-state index is -0.947. The van der Waals surface area contributed by atoms with Gasteiger partial charge in [0.2, 0.25) is 0 Å². The lowest BCUT2D eigenvalue weighted by molar-refractivity contribution is 0.0679.